The highest BCUT2D eigenvalue weighted by molar-refractivity contribution is 5.18. The van der Waals surface area contributed by atoms with E-state index >= 15 is 0 Å². The van der Waals surface area contributed by atoms with E-state index in [-0.39, 0.29) is 0 Å². The fourth-order valence-corrected chi connectivity index (χ4v) is 1.96. The van der Waals surface area contributed by atoms with Crippen LogP contribution < -0.4 is 5.32 Å². The van der Waals surface area contributed by atoms with Crippen LogP contribution in [0.4, 0.5) is 0 Å². The monoisotopic (exact) mass is 244 g/mol. The molecular weight excluding hydrogens is 224 g/mol. The van der Waals surface area contributed by atoms with Crippen LogP contribution in [0.15, 0.2) is 36.5 Å². The van der Waals surface area contributed by atoms with Crippen molar-refractivity contribution in [2.75, 3.05) is 6.54 Å². The van der Waals surface area contributed by atoms with Crippen molar-refractivity contribution >= 4 is 0 Å². The second kappa shape index (κ2) is 6.31. The lowest BCUT2D eigenvalue weighted by molar-refractivity contribution is 0.589. The smallest absolute Gasteiger partial charge is 0.0964 e. The molecule has 0 amide bonds. The minimum absolute atomic E-state index is 0.584. The third-order valence-electron chi connectivity index (χ3n) is 3.08. The lowest BCUT2D eigenvalue weighted by Crippen LogP contribution is -2.16. The molecule has 2 aromatic rings. The van der Waals surface area contributed by atoms with E-state index in [1.807, 2.05) is 13.2 Å². The summed E-state index contributed by atoms with van der Waals surface area (Å²) in [6.45, 7) is 4.04. The maximum Gasteiger partial charge on any atom is 0.0964 e. The fourth-order valence-electron chi connectivity index (χ4n) is 1.96. The van der Waals surface area contributed by atoms with Crippen molar-refractivity contribution in [2.24, 2.45) is 7.05 Å². The molecule has 96 valence electrons. The van der Waals surface area contributed by atoms with E-state index in [1.54, 1.807) is 4.68 Å². The van der Waals surface area contributed by atoms with Crippen LogP contribution >= 0.6 is 0 Å². The first-order chi connectivity index (χ1) is 8.75. The molecule has 0 radical (unpaired) electrons. The zero-order valence-corrected chi connectivity index (χ0v) is 11.0. The Hall–Kier alpha value is -1.68. The van der Waals surface area contributed by atoms with Gasteiger partial charge in [0, 0.05) is 19.8 Å². The normalized spacial score (nSPS) is 12.6. The molecule has 0 saturated carbocycles. The second-order valence-corrected chi connectivity index (χ2v) is 4.66. The number of hydrogen-bond donors (Lipinski definition) is 1. The molecule has 1 unspecified atom stereocenters. The lowest BCUT2D eigenvalue weighted by Gasteiger charge is -2.11. The summed E-state index contributed by atoms with van der Waals surface area (Å²) in [5, 5.41) is 11.3. The Morgan fingerprint density at radius 2 is 2.06 bits per heavy atom. The molecular formula is C14H20N4. The van der Waals surface area contributed by atoms with E-state index in [0.717, 1.165) is 25.2 Å². The summed E-state index contributed by atoms with van der Waals surface area (Å²) < 4.78 is 1.73. The zero-order valence-electron chi connectivity index (χ0n) is 11.0. The largest absolute Gasteiger partial charge is 0.311 e. The van der Waals surface area contributed by atoms with Crippen LogP contribution in [0.5, 0.6) is 0 Å². The van der Waals surface area contributed by atoms with Crippen LogP contribution in [0, 0.1) is 0 Å². The van der Waals surface area contributed by atoms with Gasteiger partial charge >= 0.3 is 0 Å². The van der Waals surface area contributed by atoms with Gasteiger partial charge in [0.25, 0.3) is 0 Å². The van der Waals surface area contributed by atoms with E-state index in [4.69, 9.17) is 0 Å². The maximum atomic E-state index is 4.04. The molecule has 0 aliphatic carbocycles. The Kier molecular flexibility index (Phi) is 4.47. The summed E-state index contributed by atoms with van der Waals surface area (Å²) >= 11 is 0. The third-order valence-corrected chi connectivity index (χ3v) is 3.08. The van der Waals surface area contributed by atoms with E-state index in [9.17, 15) is 0 Å². The number of hydrogen-bond acceptors (Lipinski definition) is 3. The first-order valence-corrected chi connectivity index (χ1v) is 6.36. The number of benzene rings is 1. The average Bonchev–Trinajstić information content (AvgIpc) is 2.81. The van der Waals surface area contributed by atoms with Gasteiger partial charge in [0.15, 0.2) is 0 Å². The summed E-state index contributed by atoms with van der Waals surface area (Å²) in [7, 11) is 1.88. The van der Waals surface area contributed by atoms with Gasteiger partial charge in [-0.25, -0.2) is 0 Å². The third kappa shape index (κ3) is 3.67. The molecule has 0 aliphatic rings. The number of rotatable bonds is 6. The van der Waals surface area contributed by atoms with Crippen LogP contribution in [0.3, 0.4) is 0 Å². The van der Waals surface area contributed by atoms with Crippen molar-refractivity contribution in [1.82, 2.24) is 20.3 Å². The molecule has 1 atom stereocenters. The molecule has 0 saturated heterocycles. The highest BCUT2D eigenvalue weighted by atomic mass is 15.4. The van der Waals surface area contributed by atoms with Gasteiger partial charge in [-0.2, -0.15) is 0 Å². The summed E-state index contributed by atoms with van der Waals surface area (Å²) in [6, 6.07) is 10.6. The first kappa shape index (κ1) is 12.8. The highest BCUT2D eigenvalue weighted by Gasteiger charge is 2.04. The zero-order chi connectivity index (χ0) is 12.8. The number of aromatic nitrogens is 3. The number of nitrogens with zero attached hydrogens (tertiary/aromatic N) is 3. The van der Waals surface area contributed by atoms with Crippen molar-refractivity contribution in [3.63, 3.8) is 0 Å². The van der Waals surface area contributed by atoms with Crippen molar-refractivity contribution in [2.45, 2.75) is 25.8 Å². The Morgan fingerprint density at radius 1 is 1.28 bits per heavy atom. The van der Waals surface area contributed by atoms with Crippen LogP contribution in [0.25, 0.3) is 0 Å². The van der Waals surface area contributed by atoms with E-state index < -0.39 is 0 Å². The first-order valence-electron chi connectivity index (χ1n) is 6.36. The minimum Gasteiger partial charge on any atom is -0.311 e. The van der Waals surface area contributed by atoms with Crippen molar-refractivity contribution in [1.29, 1.82) is 0 Å². The molecule has 1 aromatic carbocycles. The van der Waals surface area contributed by atoms with Gasteiger partial charge in [0.05, 0.1) is 5.69 Å². The number of aryl methyl sites for hydroxylation is 1. The van der Waals surface area contributed by atoms with Crippen LogP contribution in [0.1, 0.15) is 30.5 Å². The standard InChI is InChI=1S/C14H20N4/c1-12(13-6-4-3-5-7-13)8-9-15-10-14-11-18(2)17-16-14/h3-7,11-12,15H,8-10H2,1-2H3. The summed E-state index contributed by atoms with van der Waals surface area (Å²) in [5.74, 6) is 0.584. The van der Waals surface area contributed by atoms with Crippen molar-refractivity contribution < 1.29 is 0 Å². The maximum absolute atomic E-state index is 4.04. The molecule has 0 aliphatic heterocycles. The van der Waals surface area contributed by atoms with Crippen LogP contribution in [-0.2, 0) is 13.6 Å². The molecule has 0 fully saturated rings. The molecule has 18 heavy (non-hydrogen) atoms. The van der Waals surface area contributed by atoms with Gasteiger partial charge in [0.2, 0.25) is 0 Å². The van der Waals surface area contributed by atoms with Crippen molar-refractivity contribution in [3.8, 4) is 0 Å². The Labute approximate surface area is 108 Å². The molecule has 4 nitrogen and oxygen atoms in total. The molecule has 1 N–H and O–H groups in total. The Balaban J connectivity index is 1.69. The van der Waals surface area contributed by atoms with Crippen LogP contribution in [0.2, 0.25) is 0 Å². The Bertz CT molecular complexity index is 464. The predicted molar refractivity (Wildman–Crippen MR) is 72.2 cm³/mol. The predicted octanol–water partition coefficient (Wildman–Crippen LogP) is 2.10. The second-order valence-electron chi connectivity index (χ2n) is 4.66. The molecule has 0 spiro atoms. The topological polar surface area (TPSA) is 42.7 Å². The quantitative estimate of drug-likeness (QED) is 0.791. The van der Waals surface area contributed by atoms with Crippen LogP contribution in [-0.4, -0.2) is 21.5 Å². The van der Waals surface area contributed by atoms with E-state index in [1.165, 1.54) is 5.56 Å². The SMILES string of the molecule is CC(CCNCc1cn(C)nn1)c1ccccc1. The summed E-state index contributed by atoms with van der Waals surface area (Å²) in [4.78, 5) is 0. The minimum atomic E-state index is 0.584. The highest BCUT2D eigenvalue weighted by Crippen LogP contribution is 2.17. The lowest BCUT2D eigenvalue weighted by atomic mass is 9.98. The van der Waals surface area contributed by atoms with Gasteiger partial charge in [-0.05, 0) is 24.4 Å². The van der Waals surface area contributed by atoms with E-state index in [0.29, 0.717) is 5.92 Å². The average molecular weight is 244 g/mol. The van der Waals surface area contributed by atoms with E-state index in [2.05, 4.69) is 52.9 Å². The summed E-state index contributed by atoms with van der Waals surface area (Å²) in [5.41, 5.74) is 2.39. The molecule has 1 aromatic heterocycles. The van der Waals surface area contributed by atoms with Gasteiger partial charge < -0.3 is 5.32 Å². The molecule has 1 heterocycles. The van der Waals surface area contributed by atoms with Gasteiger partial charge in [0.1, 0.15) is 0 Å². The van der Waals surface area contributed by atoms with Gasteiger partial charge in [-0.1, -0.05) is 42.5 Å². The number of nitrogens with one attached hydrogen (secondary N) is 1. The van der Waals surface area contributed by atoms with Gasteiger partial charge in [-0.3, -0.25) is 4.68 Å². The van der Waals surface area contributed by atoms with Gasteiger partial charge in [-0.15, -0.1) is 5.10 Å². The molecule has 4 heteroatoms. The fraction of sp³-hybridized carbons (Fsp3) is 0.429. The Morgan fingerprint density at radius 3 is 2.72 bits per heavy atom. The van der Waals surface area contributed by atoms with Crippen molar-refractivity contribution in [3.05, 3.63) is 47.8 Å². The molecule has 0 bridgehead atoms. The summed E-state index contributed by atoms with van der Waals surface area (Å²) in [6.07, 6.45) is 3.07. The molecule has 2 rings (SSSR count).